The number of benzene rings is 2. The summed E-state index contributed by atoms with van der Waals surface area (Å²) in [5.41, 5.74) is 1.39. The van der Waals surface area contributed by atoms with Crippen molar-refractivity contribution in [2.45, 2.75) is 64.1 Å². The quantitative estimate of drug-likeness (QED) is 0.635. The summed E-state index contributed by atoms with van der Waals surface area (Å²) in [7, 11) is 0. The number of aromatic hydroxyl groups is 1. The summed E-state index contributed by atoms with van der Waals surface area (Å²) in [6.45, 7) is 4.85. The van der Waals surface area contributed by atoms with Gasteiger partial charge in [0.1, 0.15) is 28.4 Å². The standard InChI is InChI=1S/C28H32N2O6/c1-28(2)13-23(32)26-22(31)11-20(12-24(26)36-28)35-16-25(33)29-19-9-7-17(8-10-19)14-30-15-18-5-3-4-6-21(18)27(30)34/h3-6,11-12,17,19,31H,7-10,13-16H2,1-2H3,(H,29,33). The number of ether oxygens (including phenoxy) is 2. The van der Waals surface area contributed by atoms with Crippen molar-refractivity contribution in [2.24, 2.45) is 5.92 Å². The lowest BCUT2D eigenvalue weighted by molar-refractivity contribution is -0.124. The van der Waals surface area contributed by atoms with Crippen molar-refractivity contribution in [1.29, 1.82) is 0 Å². The molecule has 36 heavy (non-hydrogen) atoms. The van der Waals surface area contributed by atoms with Crippen molar-refractivity contribution >= 4 is 17.6 Å². The van der Waals surface area contributed by atoms with Crippen molar-refractivity contribution < 1.29 is 29.0 Å². The van der Waals surface area contributed by atoms with Crippen molar-refractivity contribution in [2.75, 3.05) is 13.2 Å². The molecule has 5 rings (SSSR count). The van der Waals surface area contributed by atoms with Gasteiger partial charge in [0.15, 0.2) is 12.4 Å². The Labute approximate surface area is 210 Å². The van der Waals surface area contributed by atoms with E-state index in [1.54, 1.807) is 6.07 Å². The van der Waals surface area contributed by atoms with Gasteiger partial charge in [-0.1, -0.05) is 18.2 Å². The summed E-state index contributed by atoms with van der Waals surface area (Å²) in [5.74, 6) is 0.455. The maximum absolute atomic E-state index is 12.6. The third kappa shape index (κ3) is 5.03. The lowest BCUT2D eigenvalue weighted by Crippen LogP contribution is -2.41. The van der Waals surface area contributed by atoms with Crippen LogP contribution in [0.2, 0.25) is 0 Å². The molecular weight excluding hydrogens is 460 g/mol. The van der Waals surface area contributed by atoms with Gasteiger partial charge < -0.3 is 24.8 Å². The summed E-state index contributed by atoms with van der Waals surface area (Å²) in [4.78, 5) is 39.4. The van der Waals surface area contributed by atoms with E-state index in [4.69, 9.17) is 9.47 Å². The summed E-state index contributed by atoms with van der Waals surface area (Å²) in [6.07, 6.45) is 3.80. The van der Waals surface area contributed by atoms with E-state index in [1.807, 2.05) is 43.0 Å². The molecule has 0 unspecified atom stereocenters. The molecule has 3 aliphatic rings. The van der Waals surface area contributed by atoms with Gasteiger partial charge in [-0.05, 0) is 57.1 Å². The van der Waals surface area contributed by atoms with E-state index in [0.717, 1.165) is 43.4 Å². The van der Waals surface area contributed by atoms with Crippen molar-refractivity contribution in [3.63, 3.8) is 0 Å². The number of fused-ring (bicyclic) bond motifs is 2. The van der Waals surface area contributed by atoms with E-state index in [-0.39, 0.29) is 59.5 Å². The summed E-state index contributed by atoms with van der Waals surface area (Å²) < 4.78 is 11.4. The van der Waals surface area contributed by atoms with Crippen molar-refractivity contribution in [3.05, 3.63) is 53.1 Å². The highest BCUT2D eigenvalue weighted by atomic mass is 16.5. The van der Waals surface area contributed by atoms with Crippen molar-refractivity contribution in [1.82, 2.24) is 10.2 Å². The first kappa shape index (κ1) is 24.2. The minimum Gasteiger partial charge on any atom is -0.507 e. The molecule has 2 amide bonds. The molecule has 2 aromatic carbocycles. The van der Waals surface area contributed by atoms with Crippen LogP contribution in [0.5, 0.6) is 17.2 Å². The van der Waals surface area contributed by atoms with Gasteiger partial charge in [-0.2, -0.15) is 0 Å². The topological polar surface area (TPSA) is 105 Å². The Morgan fingerprint density at radius 2 is 1.92 bits per heavy atom. The van der Waals surface area contributed by atoms with E-state index in [9.17, 15) is 19.5 Å². The molecule has 1 saturated carbocycles. The molecule has 8 nitrogen and oxygen atoms in total. The SMILES string of the molecule is CC1(C)CC(=O)c2c(O)cc(OCC(=O)NC3CCC(CN4Cc5ccccc5C4=O)CC3)cc2O1. The molecule has 0 aromatic heterocycles. The molecule has 2 aliphatic heterocycles. The third-order valence-electron chi connectivity index (χ3n) is 7.26. The number of rotatable bonds is 6. The predicted molar refractivity (Wildman–Crippen MR) is 132 cm³/mol. The number of hydrogen-bond donors (Lipinski definition) is 2. The number of amides is 2. The van der Waals surface area contributed by atoms with Crippen molar-refractivity contribution in [3.8, 4) is 17.2 Å². The van der Waals surface area contributed by atoms with Crippen LogP contribution in [0, 0.1) is 5.92 Å². The molecule has 2 aromatic rings. The van der Waals surface area contributed by atoms with Gasteiger partial charge in [0.25, 0.3) is 11.8 Å². The van der Waals surface area contributed by atoms with Crippen LogP contribution in [0.25, 0.3) is 0 Å². The average molecular weight is 493 g/mol. The van der Waals surface area contributed by atoms with Gasteiger partial charge in [-0.25, -0.2) is 0 Å². The number of phenols is 1. The van der Waals surface area contributed by atoms with Gasteiger partial charge in [-0.3, -0.25) is 14.4 Å². The zero-order chi connectivity index (χ0) is 25.4. The van der Waals surface area contributed by atoms with E-state index in [2.05, 4.69) is 5.32 Å². The minimum absolute atomic E-state index is 0.0718. The lowest BCUT2D eigenvalue weighted by Gasteiger charge is -2.32. The molecule has 0 spiro atoms. The number of Topliss-reactive ketones (excluding diaryl/α,β-unsaturated/α-hetero) is 1. The average Bonchev–Trinajstić information content (AvgIpc) is 3.13. The van der Waals surface area contributed by atoms with Crippen LogP contribution in [0.15, 0.2) is 36.4 Å². The highest BCUT2D eigenvalue weighted by Crippen LogP contribution is 2.41. The molecular formula is C28H32N2O6. The van der Waals surface area contributed by atoms with Gasteiger partial charge in [0.2, 0.25) is 0 Å². The molecule has 1 aliphatic carbocycles. The van der Waals surface area contributed by atoms with Crippen LogP contribution < -0.4 is 14.8 Å². The summed E-state index contributed by atoms with van der Waals surface area (Å²) in [5, 5.41) is 13.3. The summed E-state index contributed by atoms with van der Waals surface area (Å²) >= 11 is 0. The fraction of sp³-hybridized carbons (Fsp3) is 0.464. The van der Waals surface area contributed by atoms with Gasteiger partial charge >= 0.3 is 0 Å². The fourth-order valence-electron chi connectivity index (χ4n) is 5.51. The molecule has 190 valence electrons. The second kappa shape index (κ2) is 9.48. The second-order valence-electron chi connectivity index (χ2n) is 10.7. The zero-order valence-corrected chi connectivity index (χ0v) is 20.7. The highest BCUT2D eigenvalue weighted by Gasteiger charge is 2.35. The minimum atomic E-state index is -0.669. The highest BCUT2D eigenvalue weighted by molar-refractivity contribution is 6.03. The van der Waals surface area contributed by atoms with E-state index in [0.29, 0.717) is 12.5 Å². The van der Waals surface area contributed by atoms with Gasteiger partial charge in [-0.15, -0.1) is 0 Å². The second-order valence-corrected chi connectivity index (χ2v) is 10.7. The Kier molecular flexibility index (Phi) is 6.36. The van der Waals surface area contributed by atoms with Crippen LogP contribution in [0.3, 0.4) is 0 Å². The number of carbonyl (C=O) groups excluding carboxylic acids is 3. The molecule has 0 atom stereocenters. The Morgan fingerprint density at radius 3 is 2.67 bits per heavy atom. The lowest BCUT2D eigenvalue weighted by atomic mass is 9.85. The number of carbonyl (C=O) groups is 3. The van der Waals surface area contributed by atoms with Crippen LogP contribution in [0.4, 0.5) is 0 Å². The third-order valence-corrected chi connectivity index (χ3v) is 7.26. The predicted octanol–water partition coefficient (Wildman–Crippen LogP) is 3.85. The molecule has 8 heteroatoms. The zero-order valence-electron chi connectivity index (χ0n) is 20.7. The van der Waals surface area contributed by atoms with Gasteiger partial charge in [0, 0.05) is 36.8 Å². The molecule has 0 radical (unpaired) electrons. The van der Waals surface area contributed by atoms with E-state index in [1.165, 1.54) is 6.07 Å². The first-order chi connectivity index (χ1) is 17.2. The Bertz CT molecular complexity index is 1200. The number of ketones is 1. The number of hydrogen-bond acceptors (Lipinski definition) is 6. The van der Waals surface area contributed by atoms with E-state index < -0.39 is 5.60 Å². The number of phenolic OH excluding ortho intramolecular Hbond substituents is 1. The Balaban J connectivity index is 1.08. The summed E-state index contributed by atoms with van der Waals surface area (Å²) in [6, 6.07) is 10.7. The molecule has 1 fully saturated rings. The number of nitrogens with zero attached hydrogens (tertiary/aromatic N) is 1. The monoisotopic (exact) mass is 492 g/mol. The van der Waals surface area contributed by atoms with Crippen LogP contribution >= 0.6 is 0 Å². The molecule has 0 saturated heterocycles. The molecule has 0 bridgehead atoms. The van der Waals surface area contributed by atoms with Crippen LogP contribution in [0.1, 0.15) is 72.2 Å². The molecule has 2 heterocycles. The maximum Gasteiger partial charge on any atom is 0.258 e. The first-order valence-corrected chi connectivity index (χ1v) is 12.6. The van der Waals surface area contributed by atoms with Crippen LogP contribution in [-0.4, -0.2) is 52.4 Å². The Hall–Kier alpha value is -3.55. The maximum atomic E-state index is 12.6. The van der Waals surface area contributed by atoms with E-state index >= 15 is 0 Å². The Morgan fingerprint density at radius 1 is 1.17 bits per heavy atom. The fourth-order valence-corrected chi connectivity index (χ4v) is 5.51. The molecule has 2 N–H and O–H groups in total. The normalized spacial score (nSPS) is 22.4. The number of nitrogens with one attached hydrogen (secondary N) is 1. The first-order valence-electron chi connectivity index (χ1n) is 12.6. The smallest absolute Gasteiger partial charge is 0.258 e. The largest absolute Gasteiger partial charge is 0.507 e. The van der Waals surface area contributed by atoms with Gasteiger partial charge in [0.05, 0.1) is 6.42 Å². The van der Waals surface area contributed by atoms with Crippen LogP contribution in [-0.2, 0) is 11.3 Å².